The summed E-state index contributed by atoms with van der Waals surface area (Å²) in [6, 6.07) is 11.0. The maximum atomic E-state index is 9.15. The molecule has 0 aliphatic heterocycles. The van der Waals surface area contributed by atoms with Gasteiger partial charge < -0.3 is 9.36 Å². The molecule has 0 saturated heterocycles. The lowest BCUT2D eigenvalue weighted by molar-refractivity contribution is 0.236. The van der Waals surface area contributed by atoms with Crippen LogP contribution >= 0.6 is 0 Å². The Bertz CT molecular complexity index is 326. The van der Waals surface area contributed by atoms with Crippen LogP contribution in [-0.2, 0) is 6.42 Å². The molecule has 1 aromatic rings. The average molecular weight is 249 g/mol. The molecule has 1 atom stereocenters. The van der Waals surface area contributed by atoms with Crippen molar-refractivity contribution < 1.29 is 4.80 Å². The SMILES string of the molecule is CC(CC(C)(C)Cc1ccccc1)N(C)[Si]O. The van der Waals surface area contributed by atoms with Crippen molar-refractivity contribution in [1.82, 2.24) is 4.57 Å². The van der Waals surface area contributed by atoms with Crippen LogP contribution in [-0.4, -0.2) is 32.4 Å². The Kier molecular flexibility index (Phi) is 5.37. The van der Waals surface area contributed by atoms with E-state index < -0.39 is 0 Å². The van der Waals surface area contributed by atoms with Gasteiger partial charge in [0.2, 0.25) is 0 Å². The zero-order chi connectivity index (χ0) is 12.9. The highest BCUT2D eigenvalue weighted by molar-refractivity contribution is 6.21. The van der Waals surface area contributed by atoms with Crippen molar-refractivity contribution in [3.05, 3.63) is 35.9 Å². The Balaban J connectivity index is 2.57. The van der Waals surface area contributed by atoms with E-state index in [1.54, 1.807) is 0 Å². The minimum Gasteiger partial charge on any atom is -0.419 e. The molecule has 0 spiro atoms. The second kappa shape index (κ2) is 6.33. The van der Waals surface area contributed by atoms with Crippen molar-refractivity contribution in [3.63, 3.8) is 0 Å². The molecular formula is C14H23NOSi. The molecule has 0 heterocycles. The summed E-state index contributed by atoms with van der Waals surface area (Å²) in [6.45, 7) is 6.77. The van der Waals surface area contributed by atoms with E-state index >= 15 is 0 Å². The van der Waals surface area contributed by atoms with Crippen LogP contribution in [0.1, 0.15) is 32.8 Å². The number of nitrogens with zero attached hydrogens (tertiary/aromatic N) is 1. The first-order valence-electron chi connectivity index (χ1n) is 6.11. The standard InChI is InChI=1S/C14H23NOSi/c1-12(15(4)17-16)10-14(2,3)11-13-8-6-5-7-9-13/h5-9,12,16H,10-11H2,1-4H3. The van der Waals surface area contributed by atoms with E-state index in [-0.39, 0.29) is 15.3 Å². The van der Waals surface area contributed by atoms with Crippen LogP contribution in [0.4, 0.5) is 0 Å². The Morgan fingerprint density at radius 3 is 2.41 bits per heavy atom. The fraction of sp³-hybridized carbons (Fsp3) is 0.571. The fourth-order valence-electron chi connectivity index (χ4n) is 2.26. The van der Waals surface area contributed by atoms with Gasteiger partial charge in [-0.25, -0.2) is 0 Å². The van der Waals surface area contributed by atoms with Crippen LogP contribution in [0.15, 0.2) is 30.3 Å². The van der Waals surface area contributed by atoms with Gasteiger partial charge in [0.25, 0.3) is 0 Å². The molecule has 0 saturated carbocycles. The Morgan fingerprint density at radius 1 is 1.29 bits per heavy atom. The molecule has 0 fully saturated rings. The van der Waals surface area contributed by atoms with Crippen molar-refractivity contribution in [2.45, 2.75) is 39.7 Å². The maximum Gasteiger partial charge on any atom is 0.337 e. The first-order valence-corrected chi connectivity index (χ1v) is 7.00. The van der Waals surface area contributed by atoms with Crippen LogP contribution in [0.3, 0.4) is 0 Å². The summed E-state index contributed by atoms with van der Waals surface area (Å²) in [7, 11) is 1.87. The van der Waals surface area contributed by atoms with Crippen LogP contribution in [0.2, 0.25) is 0 Å². The van der Waals surface area contributed by atoms with E-state index in [4.69, 9.17) is 4.80 Å². The molecule has 1 N–H and O–H groups in total. The Labute approximate surface area is 108 Å². The quantitative estimate of drug-likeness (QED) is 0.783. The van der Waals surface area contributed by atoms with Crippen LogP contribution in [0, 0.1) is 5.41 Å². The van der Waals surface area contributed by atoms with Crippen molar-refractivity contribution in [2.24, 2.45) is 5.41 Å². The topological polar surface area (TPSA) is 23.5 Å². The lowest BCUT2D eigenvalue weighted by atomic mass is 9.80. The van der Waals surface area contributed by atoms with Gasteiger partial charge in [0.15, 0.2) is 0 Å². The minimum atomic E-state index is -0.101. The van der Waals surface area contributed by atoms with E-state index in [0.29, 0.717) is 6.04 Å². The smallest absolute Gasteiger partial charge is 0.337 e. The van der Waals surface area contributed by atoms with Crippen LogP contribution in [0.5, 0.6) is 0 Å². The lowest BCUT2D eigenvalue weighted by Crippen LogP contribution is -2.36. The minimum absolute atomic E-state index is 0.101. The predicted octanol–water partition coefficient (Wildman–Crippen LogP) is 2.49. The number of hydrogen-bond acceptors (Lipinski definition) is 2. The molecule has 0 aromatic heterocycles. The second-order valence-corrected chi connectivity index (χ2v) is 6.50. The average Bonchev–Trinajstić information content (AvgIpc) is 2.27. The van der Waals surface area contributed by atoms with Crippen molar-refractivity contribution in [2.75, 3.05) is 7.05 Å². The van der Waals surface area contributed by atoms with E-state index in [1.165, 1.54) is 5.56 Å². The van der Waals surface area contributed by atoms with Gasteiger partial charge in [-0.15, -0.1) is 0 Å². The zero-order valence-electron chi connectivity index (χ0n) is 11.3. The summed E-state index contributed by atoms with van der Waals surface area (Å²) in [4.78, 5) is 9.15. The second-order valence-electron chi connectivity index (χ2n) is 5.59. The molecule has 3 heteroatoms. The van der Waals surface area contributed by atoms with E-state index in [1.807, 2.05) is 11.6 Å². The third-order valence-electron chi connectivity index (χ3n) is 3.19. The summed E-state index contributed by atoms with van der Waals surface area (Å²) in [5.74, 6) is 0. The van der Waals surface area contributed by atoms with Gasteiger partial charge in [-0.1, -0.05) is 51.1 Å². The Morgan fingerprint density at radius 2 is 1.88 bits per heavy atom. The third-order valence-corrected chi connectivity index (χ3v) is 3.95. The van der Waals surface area contributed by atoms with Crippen molar-refractivity contribution in [3.8, 4) is 0 Å². The van der Waals surface area contributed by atoms with Gasteiger partial charge in [-0.3, -0.25) is 0 Å². The van der Waals surface area contributed by atoms with Gasteiger partial charge in [0, 0.05) is 6.04 Å². The maximum absolute atomic E-state index is 9.15. The molecule has 94 valence electrons. The third kappa shape index (κ3) is 5.02. The lowest BCUT2D eigenvalue weighted by Gasteiger charge is -2.32. The van der Waals surface area contributed by atoms with Gasteiger partial charge in [-0.2, -0.15) is 0 Å². The molecule has 2 nitrogen and oxygen atoms in total. The zero-order valence-corrected chi connectivity index (χ0v) is 12.3. The summed E-state index contributed by atoms with van der Waals surface area (Å²) in [5, 5.41) is 0. The highest BCUT2D eigenvalue weighted by Crippen LogP contribution is 2.28. The fourth-order valence-corrected chi connectivity index (χ4v) is 2.54. The van der Waals surface area contributed by atoms with E-state index in [9.17, 15) is 0 Å². The molecule has 0 aliphatic rings. The Hall–Kier alpha value is -0.643. The summed E-state index contributed by atoms with van der Waals surface area (Å²) in [6.07, 6.45) is 2.17. The molecular weight excluding hydrogens is 226 g/mol. The van der Waals surface area contributed by atoms with Crippen molar-refractivity contribution >= 4 is 9.92 Å². The molecule has 1 aromatic carbocycles. The van der Waals surface area contributed by atoms with Gasteiger partial charge >= 0.3 is 9.92 Å². The van der Waals surface area contributed by atoms with Gasteiger partial charge in [0.1, 0.15) is 0 Å². The van der Waals surface area contributed by atoms with Gasteiger partial charge in [0.05, 0.1) is 0 Å². The summed E-state index contributed by atoms with van der Waals surface area (Å²) < 4.78 is 2.01. The van der Waals surface area contributed by atoms with Crippen LogP contribution < -0.4 is 0 Å². The first-order chi connectivity index (χ1) is 7.94. The molecule has 1 rings (SSSR count). The molecule has 17 heavy (non-hydrogen) atoms. The summed E-state index contributed by atoms with van der Waals surface area (Å²) in [5.41, 5.74) is 1.65. The van der Waals surface area contributed by atoms with E-state index in [0.717, 1.165) is 12.8 Å². The molecule has 0 aliphatic carbocycles. The summed E-state index contributed by atoms with van der Waals surface area (Å²) >= 11 is 0. The van der Waals surface area contributed by atoms with E-state index in [2.05, 4.69) is 51.1 Å². The normalized spacial score (nSPS) is 14.0. The number of rotatable bonds is 6. The first kappa shape index (κ1) is 14.4. The predicted molar refractivity (Wildman–Crippen MR) is 73.7 cm³/mol. The highest BCUT2D eigenvalue weighted by atomic mass is 28.2. The largest absolute Gasteiger partial charge is 0.419 e. The number of hydrogen-bond donors (Lipinski definition) is 1. The molecule has 1 unspecified atom stereocenters. The van der Waals surface area contributed by atoms with Crippen LogP contribution in [0.25, 0.3) is 0 Å². The van der Waals surface area contributed by atoms with Crippen molar-refractivity contribution in [1.29, 1.82) is 0 Å². The highest BCUT2D eigenvalue weighted by Gasteiger charge is 2.23. The number of benzene rings is 1. The molecule has 0 amide bonds. The molecule has 2 radical (unpaired) electrons. The monoisotopic (exact) mass is 249 g/mol. The molecule has 0 bridgehead atoms. The van der Waals surface area contributed by atoms with Gasteiger partial charge in [-0.05, 0) is 30.9 Å².